The highest BCUT2D eigenvalue weighted by molar-refractivity contribution is 5.38. The lowest BCUT2D eigenvalue weighted by molar-refractivity contribution is 0.104. The first-order valence-electron chi connectivity index (χ1n) is 7.35. The smallest absolute Gasteiger partial charge is 0.122 e. The normalized spacial score (nSPS) is 13.6. The first kappa shape index (κ1) is 17.0. The van der Waals surface area contributed by atoms with Crippen LogP contribution in [-0.2, 0) is 5.41 Å². The number of aliphatic hydroxyl groups excluding tert-OH is 1. The quantitative estimate of drug-likeness (QED) is 0.841. The summed E-state index contributed by atoms with van der Waals surface area (Å²) in [6, 6.07) is 6.63. The Labute approximate surface area is 123 Å². The van der Waals surface area contributed by atoms with E-state index in [2.05, 4.69) is 52.1 Å². The molecule has 0 aromatic heterocycles. The van der Waals surface area contributed by atoms with Gasteiger partial charge in [0, 0.05) is 12.6 Å². The van der Waals surface area contributed by atoms with Crippen molar-refractivity contribution in [3.8, 4) is 5.75 Å². The molecule has 0 heterocycles. The molecule has 0 bridgehead atoms. The summed E-state index contributed by atoms with van der Waals surface area (Å²) in [6.07, 6.45) is -0.487. The zero-order valence-corrected chi connectivity index (χ0v) is 13.7. The lowest BCUT2D eigenvalue weighted by atomic mass is 9.86. The van der Waals surface area contributed by atoms with Crippen molar-refractivity contribution in [2.45, 2.75) is 59.1 Å². The Hall–Kier alpha value is -1.06. The number of aryl methyl sites for hydroxylation is 1. The average molecular weight is 279 g/mol. The molecule has 1 rings (SSSR count). The molecule has 3 heteroatoms. The molecule has 0 fully saturated rings. The van der Waals surface area contributed by atoms with Gasteiger partial charge in [0.1, 0.15) is 18.5 Å². The molecular weight excluding hydrogens is 250 g/mol. The zero-order valence-electron chi connectivity index (χ0n) is 13.7. The Morgan fingerprint density at radius 1 is 1.25 bits per heavy atom. The lowest BCUT2D eigenvalue weighted by Gasteiger charge is -2.21. The van der Waals surface area contributed by atoms with Crippen molar-refractivity contribution in [3.05, 3.63) is 29.3 Å². The first-order valence-corrected chi connectivity index (χ1v) is 7.35. The molecule has 0 aliphatic carbocycles. The molecule has 1 aromatic rings. The maximum absolute atomic E-state index is 9.85. The molecule has 3 nitrogen and oxygen atoms in total. The number of hydrogen-bond acceptors (Lipinski definition) is 3. The van der Waals surface area contributed by atoms with Gasteiger partial charge in [-0.1, -0.05) is 46.8 Å². The molecule has 0 aliphatic rings. The molecule has 1 aromatic carbocycles. The van der Waals surface area contributed by atoms with Gasteiger partial charge in [-0.3, -0.25) is 0 Å². The van der Waals surface area contributed by atoms with E-state index in [1.807, 2.05) is 13.0 Å². The van der Waals surface area contributed by atoms with Gasteiger partial charge in [0.25, 0.3) is 0 Å². The van der Waals surface area contributed by atoms with E-state index in [1.165, 1.54) is 5.56 Å². The highest BCUT2D eigenvalue weighted by Crippen LogP contribution is 2.27. The van der Waals surface area contributed by atoms with Crippen molar-refractivity contribution in [3.63, 3.8) is 0 Å². The fourth-order valence-electron chi connectivity index (χ4n) is 1.89. The Bertz CT molecular complexity index is 421. The van der Waals surface area contributed by atoms with Crippen molar-refractivity contribution >= 4 is 0 Å². The molecular formula is C17H29NO2. The van der Waals surface area contributed by atoms with Gasteiger partial charge < -0.3 is 15.2 Å². The minimum atomic E-state index is -0.487. The maximum atomic E-state index is 9.85. The second-order valence-corrected chi connectivity index (χ2v) is 6.76. The number of aliphatic hydroxyl groups is 1. The minimum Gasteiger partial charge on any atom is -0.491 e. The summed E-state index contributed by atoms with van der Waals surface area (Å²) >= 11 is 0. The van der Waals surface area contributed by atoms with Gasteiger partial charge in [0.15, 0.2) is 0 Å². The topological polar surface area (TPSA) is 41.5 Å². The monoisotopic (exact) mass is 279 g/mol. The Kier molecular flexibility index (Phi) is 6.03. The number of benzene rings is 1. The summed E-state index contributed by atoms with van der Waals surface area (Å²) in [5.74, 6) is 0.849. The Morgan fingerprint density at radius 3 is 2.40 bits per heavy atom. The van der Waals surface area contributed by atoms with E-state index in [4.69, 9.17) is 4.74 Å². The molecule has 0 spiro atoms. The third kappa shape index (κ3) is 5.51. The van der Waals surface area contributed by atoms with Crippen molar-refractivity contribution in [1.29, 1.82) is 0 Å². The summed E-state index contributed by atoms with van der Waals surface area (Å²) in [5, 5.41) is 13.0. The molecule has 1 atom stereocenters. The SMILES string of the molecule is Cc1cc(C(C)(C)C)ccc1OCC(O)CNC(C)C. The summed E-state index contributed by atoms with van der Waals surface area (Å²) in [6.45, 7) is 13.6. The van der Waals surface area contributed by atoms with E-state index in [-0.39, 0.29) is 5.41 Å². The second kappa shape index (κ2) is 7.09. The van der Waals surface area contributed by atoms with Crippen LogP contribution in [0.1, 0.15) is 45.7 Å². The largest absolute Gasteiger partial charge is 0.491 e. The Morgan fingerprint density at radius 2 is 1.90 bits per heavy atom. The number of hydrogen-bond donors (Lipinski definition) is 2. The molecule has 0 radical (unpaired) electrons. The summed E-state index contributed by atoms with van der Waals surface area (Å²) in [7, 11) is 0. The molecule has 1 unspecified atom stereocenters. The van der Waals surface area contributed by atoms with E-state index >= 15 is 0 Å². The molecule has 0 saturated carbocycles. The second-order valence-electron chi connectivity index (χ2n) is 6.76. The van der Waals surface area contributed by atoms with Crippen LogP contribution in [0.25, 0.3) is 0 Å². The predicted octanol–water partition coefficient (Wildman–Crippen LogP) is 3.03. The fraction of sp³-hybridized carbons (Fsp3) is 0.647. The molecule has 0 amide bonds. The third-order valence-electron chi connectivity index (χ3n) is 3.23. The number of rotatable bonds is 6. The zero-order chi connectivity index (χ0) is 15.3. The van der Waals surface area contributed by atoms with Crippen molar-refractivity contribution in [2.24, 2.45) is 0 Å². The van der Waals surface area contributed by atoms with Crippen molar-refractivity contribution in [1.82, 2.24) is 5.32 Å². The number of ether oxygens (including phenoxy) is 1. The molecule has 0 aliphatic heterocycles. The Balaban J connectivity index is 2.57. The van der Waals surface area contributed by atoms with Crippen LogP contribution in [0.4, 0.5) is 0 Å². The summed E-state index contributed by atoms with van der Waals surface area (Å²) in [4.78, 5) is 0. The molecule has 0 saturated heterocycles. The van der Waals surface area contributed by atoms with Crippen LogP contribution in [0.2, 0.25) is 0 Å². The third-order valence-corrected chi connectivity index (χ3v) is 3.23. The van der Waals surface area contributed by atoms with E-state index in [0.29, 0.717) is 19.2 Å². The van der Waals surface area contributed by atoms with Gasteiger partial charge in [-0.2, -0.15) is 0 Å². The number of nitrogens with one attached hydrogen (secondary N) is 1. The first-order chi connectivity index (χ1) is 9.20. The van der Waals surface area contributed by atoms with Crippen molar-refractivity contribution in [2.75, 3.05) is 13.2 Å². The van der Waals surface area contributed by atoms with Crippen LogP contribution in [0.15, 0.2) is 18.2 Å². The van der Waals surface area contributed by atoms with Crippen LogP contribution in [0, 0.1) is 6.92 Å². The van der Waals surface area contributed by atoms with Gasteiger partial charge in [0.05, 0.1) is 0 Å². The predicted molar refractivity (Wildman–Crippen MR) is 84.5 cm³/mol. The lowest BCUT2D eigenvalue weighted by Crippen LogP contribution is -2.35. The standard InChI is InChI=1S/C17H29NO2/c1-12(2)18-10-15(19)11-20-16-8-7-14(9-13(16)3)17(4,5)6/h7-9,12,15,18-19H,10-11H2,1-6H3. The van der Waals surface area contributed by atoms with Crippen LogP contribution < -0.4 is 10.1 Å². The minimum absolute atomic E-state index is 0.143. The highest BCUT2D eigenvalue weighted by Gasteiger charge is 2.15. The van der Waals surface area contributed by atoms with E-state index in [9.17, 15) is 5.11 Å². The van der Waals surface area contributed by atoms with Crippen LogP contribution >= 0.6 is 0 Å². The summed E-state index contributed by atoms with van der Waals surface area (Å²) < 4.78 is 5.71. The van der Waals surface area contributed by atoms with Gasteiger partial charge in [0.2, 0.25) is 0 Å². The molecule has 20 heavy (non-hydrogen) atoms. The summed E-state index contributed by atoms with van der Waals surface area (Å²) in [5.41, 5.74) is 2.55. The van der Waals surface area contributed by atoms with Crippen molar-refractivity contribution < 1.29 is 9.84 Å². The van der Waals surface area contributed by atoms with Gasteiger partial charge in [-0.15, -0.1) is 0 Å². The van der Waals surface area contributed by atoms with Crippen LogP contribution in [0.3, 0.4) is 0 Å². The fourth-order valence-corrected chi connectivity index (χ4v) is 1.89. The van der Waals surface area contributed by atoms with E-state index < -0.39 is 6.10 Å². The van der Waals surface area contributed by atoms with E-state index in [0.717, 1.165) is 11.3 Å². The van der Waals surface area contributed by atoms with Gasteiger partial charge >= 0.3 is 0 Å². The van der Waals surface area contributed by atoms with Gasteiger partial charge in [-0.05, 0) is 29.5 Å². The average Bonchev–Trinajstić information content (AvgIpc) is 2.33. The van der Waals surface area contributed by atoms with E-state index in [1.54, 1.807) is 0 Å². The highest BCUT2D eigenvalue weighted by atomic mass is 16.5. The molecule has 2 N–H and O–H groups in total. The molecule has 114 valence electrons. The van der Waals surface area contributed by atoms with Crippen LogP contribution in [-0.4, -0.2) is 30.4 Å². The van der Waals surface area contributed by atoms with Gasteiger partial charge in [-0.25, -0.2) is 0 Å². The maximum Gasteiger partial charge on any atom is 0.122 e. The van der Waals surface area contributed by atoms with Crippen LogP contribution in [0.5, 0.6) is 5.75 Å².